The van der Waals surface area contributed by atoms with E-state index in [2.05, 4.69) is 38.1 Å². The fourth-order valence-corrected chi connectivity index (χ4v) is 5.02. The van der Waals surface area contributed by atoms with Crippen LogP contribution in [-0.2, 0) is 6.42 Å². The molecule has 0 amide bonds. The first-order valence-electron chi connectivity index (χ1n) is 11.3. The second-order valence-electron chi connectivity index (χ2n) is 8.48. The highest BCUT2D eigenvalue weighted by atomic mass is 14.4. The SMILES string of the molecule is CC.CCCCc1ccc(C2CCC(C3CCC(C)CC3)CC2)cc1. The van der Waals surface area contributed by atoms with Crippen molar-refractivity contribution in [3.63, 3.8) is 0 Å². The number of aryl methyl sites for hydroxylation is 1. The second kappa shape index (κ2) is 11.0. The molecule has 0 nitrogen and oxygen atoms in total. The highest BCUT2D eigenvalue weighted by molar-refractivity contribution is 5.26. The summed E-state index contributed by atoms with van der Waals surface area (Å²) in [5.74, 6) is 3.94. The van der Waals surface area contributed by atoms with Crippen LogP contribution in [0.1, 0.15) is 109 Å². The lowest BCUT2D eigenvalue weighted by molar-refractivity contribution is 0.165. The Morgan fingerprint density at radius 1 is 0.760 bits per heavy atom. The van der Waals surface area contributed by atoms with Gasteiger partial charge in [0.1, 0.15) is 0 Å². The largest absolute Gasteiger partial charge is 0.0683 e. The Kier molecular flexibility index (Phi) is 9.07. The molecular weight excluding hydrogens is 300 g/mol. The number of benzene rings is 1. The van der Waals surface area contributed by atoms with Crippen molar-refractivity contribution in [3.05, 3.63) is 35.4 Å². The van der Waals surface area contributed by atoms with Crippen molar-refractivity contribution < 1.29 is 0 Å². The summed E-state index contributed by atoms with van der Waals surface area (Å²) in [5.41, 5.74) is 3.14. The minimum absolute atomic E-state index is 0.842. The molecule has 142 valence electrons. The molecule has 1 aromatic rings. The smallest absolute Gasteiger partial charge is 0.0162 e. The van der Waals surface area contributed by atoms with E-state index in [0.717, 1.165) is 23.7 Å². The number of unbranched alkanes of at least 4 members (excludes halogenated alkanes) is 1. The fourth-order valence-electron chi connectivity index (χ4n) is 5.02. The van der Waals surface area contributed by atoms with E-state index in [9.17, 15) is 0 Å². The van der Waals surface area contributed by atoms with Gasteiger partial charge in [0.2, 0.25) is 0 Å². The molecule has 0 atom stereocenters. The van der Waals surface area contributed by atoms with Gasteiger partial charge in [0.05, 0.1) is 0 Å². The van der Waals surface area contributed by atoms with Gasteiger partial charge in [-0.15, -0.1) is 0 Å². The van der Waals surface area contributed by atoms with Crippen LogP contribution in [0.25, 0.3) is 0 Å². The zero-order chi connectivity index (χ0) is 18.1. The Hall–Kier alpha value is -0.780. The highest BCUT2D eigenvalue weighted by Gasteiger charge is 2.30. The predicted molar refractivity (Wildman–Crippen MR) is 112 cm³/mol. The van der Waals surface area contributed by atoms with E-state index in [0.29, 0.717) is 0 Å². The van der Waals surface area contributed by atoms with Crippen molar-refractivity contribution in [2.24, 2.45) is 17.8 Å². The van der Waals surface area contributed by atoms with Gasteiger partial charge in [-0.25, -0.2) is 0 Å². The molecule has 0 radical (unpaired) electrons. The van der Waals surface area contributed by atoms with Gasteiger partial charge in [0, 0.05) is 0 Å². The third kappa shape index (κ3) is 6.15. The van der Waals surface area contributed by atoms with Gasteiger partial charge < -0.3 is 0 Å². The van der Waals surface area contributed by atoms with Gasteiger partial charge in [-0.1, -0.05) is 71.2 Å². The average molecular weight is 343 g/mol. The standard InChI is InChI=1S/C23H36.C2H6/c1-3-4-5-19-8-12-21(13-9-19)23-16-14-22(15-17-23)20-10-6-18(2)7-11-20;1-2/h8-9,12-13,18,20,22-23H,3-7,10-11,14-17H2,1-2H3;1-2H3. The average Bonchev–Trinajstić information content (AvgIpc) is 2.69. The Labute approximate surface area is 157 Å². The van der Waals surface area contributed by atoms with E-state index in [4.69, 9.17) is 0 Å². The number of hydrogen-bond acceptors (Lipinski definition) is 0. The van der Waals surface area contributed by atoms with Gasteiger partial charge in [-0.05, 0) is 86.2 Å². The van der Waals surface area contributed by atoms with Crippen LogP contribution in [0.3, 0.4) is 0 Å². The van der Waals surface area contributed by atoms with E-state index < -0.39 is 0 Å². The van der Waals surface area contributed by atoms with E-state index in [1.54, 1.807) is 5.56 Å². The molecule has 0 heterocycles. The number of rotatable bonds is 5. The molecule has 0 N–H and O–H groups in total. The molecule has 0 spiro atoms. The molecule has 0 bridgehead atoms. The van der Waals surface area contributed by atoms with Crippen LogP contribution in [0.15, 0.2) is 24.3 Å². The maximum atomic E-state index is 2.44. The Morgan fingerprint density at radius 3 is 1.80 bits per heavy atom. The summed E-state index contributed by atoms with van der Waals surface area (Å²) in [5, 5.41) is 0. The van der Waals surface area contributed by atoms with Crippen molar-refractivity contribution in [2.45, 2.75) is 104 Å². The minimum Gasteiger partial charge on any atom is -0.0683 e. The Balaban J connectivity index is 0.00000109. The molecule has 0 aromatic heterocycles. The minimum atomic E-state index is 0.842. The summed E-state index contributed by atoms with van der Waals surface area (Å²) in [6.45, 7) is 8.72. The predicted octanol–water partition coefficient (Wildman–Crippen LogP) is 8.16. The molecule has 0 unspecified atom stereocenters. The maximum absolute atomic E-state index is 2.44. The number of hydrogen-bond donors (Lipinski definition) is 0. The zero-order valence-electron chi connectivity index (χ0n) is 17.4. The van der Waals surface area contributed by atoms with Gasteiger partial charge >= 0.3 is 0 Å². The highest BCUT2D eigenvalue weighted by Crippen LogP contribution is 2.43. The van der Waals surface area contributed by atoms with Crippen LogP contribution in [0.2, 0.25) is 0 Å². The van der Waals surface area contributed by atoms with Crippen LogP contribution in [0, 0.1) is 17.8 Å². The summed E-state index contributed by atoms with van der Waals surface area (Å²) in [4.78, 5) is 0. The van der Waals surface area contributed by atoms with Crippen LogP contribution in [-0.4, -0.2) is 0 Å². The van der Waals surface area contributed by atoms with E-state index >= 15 is 0 Å². The Morgan fingerprint density at radius 2 is 1.28 bits per heavy atom. The molecule has 25 heavy (non-hydrogen) atoms. The molecule has 2 fully saturated rings. The normalized spacial score (nSPS) is 29.6. The van der Waals surface area contributed by atoms with Crippen molar-refractivity contribution >= 4 is 0 Å². The van der Waals surface area contributed by atoms with Crippen LogP contribution in [0.5, 0.6) is 0 Å². The summed E-state index contributed by atoms with van der Waals surface area (Å²) < 4.78 is 0. The lowest BCUT2D eigenvalue weighted by Crippen LogP contribution is -2.24. The third-order valence-electron chi connectivity index (χ3n) is 6.77. The zero-order valence-corrected chi connectivity index (χ0v) is 17.4. The van der Waals surface area contributed by atoms with Crippen LogP contribution in [0.4, 0.5) is 0 Å². The molecule has 2 saturated carbocycles. The second-order valence-corrected chi connectivity index (χ2v) is 8.48. The molecular formula is C25H42. The fraction of sp³-hybridized carbons (Fsp3) is 0.760. The van der Waals surface area contributed by atoms with E-state index in [1.165, 1.54) is 76.2 Å². The maximum Gasteiger partial charge on any atom is -0.0162 e. The Bertz CT molecular complexity index is 441. The first-order valence-corrected chi connectivity index (χ1v) is 11.3. The van der Waals surface area contributed by atoms with Crippen LogP contribution < -0.4 is 0 Å². The van der Waals surface area contributed by atoms with Crippen molar-refractivity contribution in [2.75, 3.05) is 0 Å². The molecule has 0 saturated heterocycles. The van der Waals surface area contributed by atoms with Crippen molar-refractivity contribution in [3.8, 4) is 0 Å². The summed E-state index contributed by atoms with van der Waals surface area (Å²) >= 11 is 0. The lowest BCUT2D eigenvalue weighted by Gasteiger charge is -2.37. The summed E-state index contributed by atoms with van der Waals surface area (Å²) in [6.07, 6.45) is 15.7. The van der Waals surface area contributed by atoms with Gasteiger partial charge in [0.25, 0.3) is 0 Å². The van der Waals surface area contributed by atoms with E-state index in [-0.39, 0.29) is 0 Å². The van der Waals surface area contributed by atoms with Gasteiger partial charge in [-0.2, -0.15) is 0 Å². The van der Waals surface area contributed by atoms with Crippen LogP contribution >= 0.6 is 0 Å². The molecule has 1 aromatic carbocycles. The summed E-state index contributed by atoms with van der Waals surface area (Å²) in [6, 6.07) is 9.63. The van der Waals surface area contributed by atoms with Gasteiger partial charge in [-0.3, -0.25) is 0 Å². The van der Waals surface area contributed by atoms with Gasteiger partial charge in [0.15, 0.2) is 0 Å². The first kappa shape index (κ1) is 20.5. The molecule has 0 aliphatic heterocycles. The summed E-state index contributed by atoms with van der Waals surface area (Å²) in [7, 11) is 0. The topological polar surface area (TPSA) is 0 Å². The van der Waals surface area contributed by atoms with Crippen molar-refractivity contribution in [1.82, 2.24) is 0 Å². The van der Waals surface area contributed by atoms with E-state index in [1.807, 2.05) is 13.8 Å². The monoisotopic (exact) mass is 342 g/mol. The quantitative estimate of drug-likeness (QED) is 0.506. The molecule has 2 aliphatic rings. The first-order chi connectivity index (χ1) is 12.3. The molecule has 0 heteroatoms. The lowest BCUT2D eigenvalue weighted by atomic mass is 9.68. The third-order valence-corrected chi connectivity index (χ3v) is 6.77. The van der Waals surface area contributed by atoms with Crippen molar-refractivity contribution in [1.29, 1.82) is 0 Å². The molecule has 3 rings (SSSR count). The molecule has 2 aliphatic carbocycles.